The number of rotatable bonds is 7. The van der Waals surface area contributed by atoms with E-state index in [0.717, 1.165) is 0 Å². The lowest BCUT2D eigenvalue weighted by Gasteiger charge is -2.21. The van der Waals surface area contributed by atoms with E-state index in [1.807, 2.05) is 0 Å². The molecule has 0 saturated heterocycles. The fourth-order valence-electron chi connectivity index (χ4n) is 3.01. The molecule has 3 rings (SSSR count). The summed E-state index contributed by atoms with van der Waals surface area (Å²) in [5.41, 5.74) is 1.28. The van der Waals surface area contributed by atoms with E-state index in [1.54, 1.807) is 32.0 Å². The van der Waals surface area contributed by atoms with Crippen LogP contribution >= 0.6 is 11.6 Å². The Balaban J connectivity index is 2.09. The van der Waals surface area contributed by atoms with Crippen LogP contribution in [-0.2, 0) is 0 Å². The molecule has 0 saturated carbocycles. The van der Waals surface area contributed by atoms with E-state index in [4.69, 9.17) is 11.6 Å². The molecule has 1 atom stereocenters. The molecule has 1 amide bonds. The van der Waals surface area contributed by atoms with Gasteiger partial charge in [-0.1, -0.05) is 11.6 Å². The predicted octanol–water partition coefficient (Wildman–Crippen LogP) is 3.56. The average Bonchev–Trinajstić information content (AvgIpc) is 2.76. The Morgan fingerprint density at radius 1 is 1.22 bits per heavy atom. The van der Waals surface area contributed by atoms with E-state index in [2.05, 4.69) is 20.6 Å². The number of hydrogen-bond donors (Lipinski definition) is 4. The molecule has 32 heavy (non-hydrogen) atoms. The highest BCUT2D eigenvalue weighted by Crippen LogP contribution is 2.38. The molecule has 0 aliphatic heterocycles. The standard InChI is InChI=1S/C22H23ClFN5O3/c1-12(11-30)26-22(32)16-10-25-7-6-18(16)27-19-9-15(21(31)28-20(19)29(2)3)14-8-13(23)4-5-17(14)24/h4-10,12,30H,11H2,1-3H3,(H,25,27)(H,26,32)(H,28,31). The molecule has 1 aromatic carbocycles. The minimum atomic E-state index is -0.572. The Morgan fingerprint density at radius 2 is 1.97 bits per heavy atom. The van der Waals surface area contributed by atoms with Crippen molar-refractivity contribution in [3.8, 4) is 17.0 Å². The third kappa shape index (κ3) is 5.06. The number of nitrogens with one attached hydrogen (secondary N) is 2. The van der Waals surface area contributed by atoms with Crippen molar-refractivity contribution in [3.05, 3.63) is 59.1 Å². The lowest BCUT2D eigenvalue weighted by atomic mass is 10.1. The van der Waals surface area contributed by atoms with Crippen LogP contribution in [0.2, 0.25) is 5.02 Å². The smallest absolute Gasteiger partial charge is 0.255 e. The van der Waals surface area contributed by atoms with Gasteiger partial charge in [-0.15, -0.1) is 0 Å². The zero-order valence-electron chi connectivity index (χ0n) is 17.7. The van der Waals surface area contributed by atoms with Gasteiger partial charge in [0.05, 0.1) is 23.5 Å². The number of carbonyl (C=O) groups is 1. The highest BCUT2D eigenvalue weighted by Gasteiger charge is 2.20. The third-order valence-electron chi connectivity index (χ3n) is 4.61. The summed E-state index contributed by atoms with van der Waals surface area (Å²) in [5, 5.41) is 25.8. The molecule has 3 aromatic rings. The number of amides is 1. The van der Waals surface area contributed by atoms with Gasteiger partial charge < -0.3 is 25.7 Å². The van der Waals surface area contributed by atoms with Gasteiger partial charge in [0, 0.05) is 48.7 Å². The molecule has 168 valence electrons. The van der Waals surface area contributed by atoms with Crippen molar-refractivity contribution in [3.63, 3.8) is 0 Å². The van der Waals surface area contributed by atoms with E-state index < -0.39 is 17.8 Å². The summed E-state index contributed by atoms with van der Waals surface area (Å²) in [6.45, 7) is 1.46. The zero-order chi connectivity index (χ0) is 23.4. The summed E-state index contributed by atoms with van der Waals surface area (Å²) in [7, 11) is 3.46. The number of aromatic hydroxyl groups is 1. The molecule has 0 aliphatic rings. The van der Waals surface area contributed by atoms with Crippen molar-refractivity contribution in [2.24, 2.45) is 0 Å². The fraction of sp³-hybridized carbons (Fsp3) is 0.227. The van der Waals surface area contributed by atoms with Gasteiger partial charge in [-0.25, -0.2) is 4.39 Å². The largest absolute Gasteiger partial charge is 0.493 e. The SMILES string of the molecule is CC(CO)NC(=O)c1cnccc1Nc1cc(-c2cc(Cl)ccc2F)c(O)nc1N(C)C. The number of benzene rings is 1. The Bertz CT molecular complexity index is 1140. The number of carbonyl (C=O) groups excluding carboxylic acids is 1. The second-order valence-corrected chi connectivity index (χ2v) is 7.79. The number of nitrogens with zero attached hydrogens (tertiary/aromatic N) is 3. The van der Waals surface area contributed by atoms with Gasteiger partial charge in [0.2, 0.25) is 5.88 Å². The van der Waals surface area contributed by atoms with Crippen LogP contribution in [0.15, 0.2) is 42.7 Å². The number of aromatic nitrogens is 2. The van der Waals surface area contributed by atoms with Crippen LogP contribution in [-0.4, -0.2) is 52.8 Å². The Hall–Kier alpha value is -3.43. The van der Waals surface area contributed by atoms with Crippen LogP contribution in [0.3, 0.4) is 0 Å². The van der Waals surface area contributed by atoms with Gasteiger partial charge in [0.1, 0.15) is 5.82 Å². The van der Waals surface area contributed by atoms with Gasteiger partial charge in [-0.05, 0) is 37.3 Å². The molecular weight excluding hydrogens is 437 g/mol. The van der Waals surface area contributed by atoms with Crippen molar-refractivity contribution >= 4 is 34.7 Å². The van der Waals surface area contributed by atoms with Gasteiger partial charge in [-0.3, -0.25) is 9.78 Å². The van der Waals surface area contributed by atoms with Crippen LogP contribution in [0.5, 0.6) is 5.88 Å². The minimum absolute atomic E-state index is 0.0836. The maximum absolute atomic E-state index is 14.5. The van der Waals surface area contributed by atoms with Gasteiger partial charge >= 0.3 is 0 Å². The normalized spacial score (nSPS) is 11.7. The summed E-state index contributed by atoms with van der Waals surface area (Å²) >= 11 is 6.02. The monoisotopic (exact) mass is 459 g/mol. The molecule has 0 aliphatic carbocycles. The molecule has 1 unspecified atom stereocenters. The minimum Gasteiger partial charge on any atom is -0.493 e. The Kier molecular flexibility index (Phi) is 7.12. The fourth-order valence-corrected chi connectivity index (χ4v) is 3.18. The van der Waals surface area contributed by atoms with Crippen LogP contribution in [0.1, 0.15) is 17.3 Å². The van der Waals surface area contributed by atoms with Crippen molar-refractivity contribution in [1.29, 1.82) is 0 Å². The quantitative estimate of drug-likeness (QED) is 0.427. The average molecular weight is 460 g/mol. The first-order valence-corrected chi connectivity index (χ1v) is 10.1. The number of anilines is 3. The topological polar surface area (TPSA) is 111 Å². The lowest BCUT2D eigenvalue weighted by molar-refractivity contribution is 0.0923. The van der Waals surface area contributed by atoms with Crippen LogP contribution in [0.25, 0.3) is 11.1 Å². The van der Waals surface area contributed by atoms with Crippen molar-refractivity contribution in [2.75, 3.05) is 30.9 Å². The first kappa shape index (κ1) is 23.2. The Labute approximate surface area is 189 Å². The van der Waals surface area contributed by atoms with E-state index in [9.17, 15) is 19.4 Å². The first-order chi connectivity index (χ1) is 15.2. The summed E-state index contributed by atoms with van der Waals surface area (Å²) in [5.74, 6) is -1.01. The van der Waals surface area contributed by atoms with E-state index >= 15 is 0 Å². The lowest BCUT2D eigenvalue weighted by Crippen LogP contribution is -2.35. The molecule has 0 bridgehead atoms. The third-order valence-corrected chi connectivity index (χ3v) is 4.85. The molecule has 2 aromatic heterocycles. The van der Waals surface area contributed by atoms with Crippen molar-refractivity contribution in [1.82, 2.24) is 15.3 Å². The van der Waals surface area contributed by atoms with Gasteiger partial charge in [-0.2, -0.15) is 4.98 Å². The predicted molar refractivity (Wildman–Crippen MR) is 122 cm³/mol. The number of aliphatic hydroxyl groups excluding tert-OH is 1. The number of hydrogen-bond acceptors (Lipinski definition) is 7. The van der Waals surface area contributed by atoms with Crippen LogP contribution in [0.4, 0.5) is 21.6 Å². The first-order valence-electron chi connectivity index (χ1n) is 9.70. The summed E-state index contributed by atoms with van der Waals surface area (Å²) in [6, 6.07) is 6.70. The molecule has 2 heterocycles. The van der Waals surface area contributed by atoms with Crippen molar-refractivity contribution < 1.29 is 19.4 Å². The summed E-state index contributed by atoms with van der Waals surface area (Å²) in [4.78, 5) is 22.5. The number of aliphatic hydroxyl groups is 1. The molecule has 4 N–H and O–H groups in total. The van der Waals surface area contributed by atoms with Crippen LogP contribution < -0.4 is 15.5 Å². The second-order valence-electron chi connectivity index (χ2n) is 7.35. The highest BCUT2D eigenvalue weighted by atomic mass is 35.5. The number of pyridine rings is 2. The summed E-state index contributed by atoms with van der Waals surface area (Å²) in [6.07, 6.45) is 2.90. The summed E-state index contributed by atoms with van der Waals surface area (Å²) < 4.78 is 14.5. The Morgan fingerprint density at radius 3 is 2.66 bits per heavy atom. The highest BCUT2D eigenvalue weighted by molar-refractivity contribution is 6.30. The van der Waals surface area contributed by atoms with Crippen LogP contribution in [0, 0.1) is 5.82 Å². The van der Waals surface area contributed by atoms with Crippen molar-refractivity contribution in [2.45, 2.75) is 13.0 Å². The maximum Gasteiger partial charge on any atom is 0.255 e. The molecule has 0 spiro atoms. The van der Waals surface area contributed by atoms with Gasteiger partial charge in [0.15, 0.2) is 5.82 Å². The molecular formula is C22H23ClFN5O3. The number of halogens is 2. The van der Waals surface area contributed by atoms with Gasteiger partial charge in [0.25, 0.3) is 5.91 Å². The maximum atomic E-state index is 14.5. The second kappa shape index (κ2) is 9.80. The molecule has 10 heteroatoms. The van der Waals surface area contributed by atoms with E-state index in [1.165, 1.54) is 36.7 Å². The molecule has 8 nitrogen and oxygen atoms in total. The van der Waals surface area contributed by atoms with E-state index in [-0.39, 0.29) is 29.2 Å². The molecule has 0 fully saturated rings. The van der Waals surface area contributed by atoms with E-state index in [0.29, 0.717) is 22.2 Å². The zero-order valence-corrected chi connectivity index (χ0v) is 18.5. The molecule has 0 radical (unpaired) electrons.